The van der Waals surface area contributed by atoms with E-state index in [1.807, 2.05) is 50.2 Å². The fraction of sp³-hybridized carbons (Fsp3) is 0.417. The van der Waals surface area contributed by atoms with Gasteiger partial charge in [-0.1, -0.05) is 52.9 Å². The van der Waals surface area contributed by atoms with Crippen molar-refractivity contribution in [3.05, 3.63) is 63.1 Å². The van der Waals surface area contributed by atoms with Gasteiger partial charge in [0.15, 0.2) is 5.78 Å². The highest BCUT2D eigenvalue weighted by Crippen LogP contribution is 2.55. The third-order valence-corrected chi connectivity index (χ3v) is 6.95. The summed E-state index contributed by atoms with van der Waals surface area (Å²) in [6.07, 6.45) is 5.07. The summed E-state index contributed by atoms with van der Waals surface area (Å²) in [7, 11) is 0. The van der Waals surface area contributed by atoms with Crippen molar-refractivity contribution >= 4 is 27.7 Å². The maximum Gasteiger partial charge on any atom is 0.318 e. The smallest absolute Gasteiger partial charge is 0.318 e. The topological polar surface area (TPSA) is 43.4 Å². The number of ketones is 1. The third kappa shape index (κ3) is 3.32. The highest BCUT2D eigenvalue weighted by atomic mass is 79.9. The number of hydrogen-bond donors (Lipinski definition) is 0. The van der Waals surface area contributed by atoms with E-state index in [0.717, 1.165) is 58.8 Å². The molecule has 1 spiro atoms. The lowest BCUT2D eigenvalue weighted by atomic mass is 9.61. The number of esters is 1. The molecular weight excluding hydrogens is 416 g/mol. The predicted octanol–water partition coefficient (Wildman–Crippen LogP) is 6.29. The lowest BCUT2D eigenvalue weighted by Gasteiger charge is -2.44. The van der Waals surface area contributed by atoms with Crippen LogP contribution in [0.5, 0.6) is 5.75 Å². The lowest BCUT2D eigenvalue weighted by Crippen LogP contribution is -2.45. The molecule has 0 radical (unpaired) electrons. The molecule has 1 heterocycles. The molecule has 1 unspecified atom stereocenters. The van der Waals surface area contributed by atoms with Crippen molar-refractivity contribution in [2.75, 3.05) is 0 Å². The Morgan fingerprint density at radius 1 is 1.11 bits per heavy atom. The Morgan fingerprint density at radius 3 is 2.61 bits per heavy atom. The molecule has 2 aromatic carbocycles. The molecule has 1 atom stereocenters. The number of ether oxygens (including phenoxy) is 1. The highest BCUT2D eigenvalue weighted by molar-refractivity contribution is 9.10. The van der Waals surface area contributed by atoms with E-state index in [-0.39, 0.29) is 17.7 Å². The number of aryl methyl sites for hydroxylation is 2. The summed E-state index contributed by atoms with van der Waals surface area (Å²) in [5.41, 5.74) is 3.23. The monoisotopic (exact) mass is 440 g/mol. The van der Waals surface area contributed by atoms with E-state index in [2.05, 4.69) is 15.9 Å². The fourth-order valence-corrected chi connectivity index (χ4v) is 5.28. The Balaban J connectivity index is 1.78. The minimum atomic E-state index is -0.584. The molecule has 0 amide bonds. The number of Topliss-reactive ketones (excluding diaryl/α,β-unsaturated/α-hetero) is 1. The minimum absolute atomic E-state index is 0.108. The molecular formula is C24H25BrO3. The number of carbonyl (C=O) groups is 2. The Morgan fingerprint density at radius 2 is 1.86 bits per heavy atom. The van der Waals surface area contributed by atoms with Crippen LogP contribution in [-0.2, 0) is 4.79 Å². The molecule has 0 saturated heterocycles. The molecule has 3 nitrogen and oxygen atoms in total. The molecule has 1 aliphatic carbocycles. The highest BCUT2D eigenvalue weighted by Gasteiger charge is 2.52. The predicted molar refractivity (Wildman–Crippen MR) is 113 cm³/mol. The number of carbonyl (C=O) groups excluding carboxylic acids is 2. The first kappa shape index (κ1) is 19.4. The third-order valence-electron chi connectivity index (χ3n) is 6.45. The van der Waals surface area contributed by atoms with E-state index in [4.69, 9.17) is 4.74 Å². The van der Waals surface area contributed by atoms with Crippen molar-refractivity contribution in [3.63, 3.8) is 0 Å². The summed E-state index contributed by atoms with van der Waals surface area (Å²) in [6.45, 7) is 3.98. The Hall–Kier alpha value is -1.94. The maximum absolute atomic E-state index is 13.3. The zero-order valence-electron chi connectivity index (χ0n) is 16.4. The zero-order chi connectivity index (χ0) is 19.9. The molecule has 4 heteroatoms. The average molecular weight is 441 g/mol. The van der Waals surface area contributed by atoms with Crippen molar-refractivity contribution in [1.82, 2.24) is 0 Å². The molecule has 0 aromatic heterocycles. The van der Waals surface area contributed by atoms with Crippen molar-refractivity contribution in [3.8, 4) is 5.75 Å². The van der Waals surface area contributed by atoms with Crippen LogP contribution >= 0.6 is 15.9 Å². The second kappa shape index (κ2) is 7.47. The summed E-state index contributed by atoms with van der Waals surface area (Å²) in [4.78, 5) is 26.5. The van der Waals surface area contributed by atoms with Gasteiger partial charge in [0, 0.05) is 27.9 Å². The first-order valence-corrected chi connectivity index (χ1v) is 10.8. The van der Waals surface area contributed by atoms with E-state index in [1.165, 1.54) is 0 Å². The van der Waals surface area contributed by atoms with E-state index in [1.54, 1.807) is 0 Å². The van der Waals surface area contributed by atoms with Gasteiger partial charge in [-0.3, -0.25) is 9.59 Å². The molecule has 1 saturated carbocycles. The van der Waals surface area contributed by atoms with Gasteiger partial charge in [-0.05, 0) is 56.5 Å². The molecule has 0 bridgehead atoms. The number of rotatable bonds is 3. The van der Waals surface area contributed by atoms with Gasteiger partial charge in [-0.2, -0.15) is 0 Å². The number of hydrogen-bond acceptors (Lipinski definition) is 3. The van der Waals surface area contributed by atoms with E-state index in [9.17, 15) is 9.59 Å². The van der Waals surface area contributed by atoms with E-state index in [0.29, 0.717) is 12.2 Å². The van der Waals surface area contributed by atoms with Crippen LogP contribution < -0.4 is 4.74 Å². The van der Waals surface area contributed by atoms with Crippen LogP contribution in [0.25, 0.3) is 0 Å². The second-order valence-electron chi connectivity index (χ2n) is 8.29. The van der Waals surface area contributed by atoms with E-state index < -0.39 is 5.41 Å². The van der Waals surface area contributed by atoms with Gasteiger partial charge in [0.1, 0.15) is 5.75 Å². The summed E-state index contributed by atoms with van der Waals surface area (Å²) < 4.78 is 6.71. The Labute approximate surface area is 174 Å². The van der Waals surface area contributed by atoms with Crippen molar-refractivity contribution in [1.29, 1.82) is 0 Å². The summed E-state index contributed by atoms with van der Waals surface area (Å²) in [5.74, 6) is 0.412. The molecule has 2 aliphatic rings. The van der Waals surface area contributed by atoms with Crippen molar-refractivity contribution in [2.45, 2.75) is 58.3 Å². The normalized spacial score (nSPS) is 20.5. The first-order valence-electron chi connectivity index (χ1n) is 10.0. The van der Waals surface area contributed by atoms with Crippen molar-refractivity contribution < 1.29 is 14.3 Å². The van der Waals surface area contributed by atoms with Crippen LogP contribution in [0.2, 0.25) is 0 Å². The SMILES string of the molecule is Cc1ccc(C)c(C(=O)CC2c3cc(Br)ccc3OC(=O)C23CCCCC3)c1. The number of halogens is 1. The number of fused-ring (bicyclic) bond motifs is 1. The van der Waals surface area contributed by atoms with Gasteiger partial charge in [0.05, 0.1) is 5.41 Å². The quantitative estimate of drug-likeness (QED) is 0.319. The van der Waals surface area contributed by atoms with Gasteiger partial charge < -0.3 is 4.74 Å². The summed E-state index contributed by atoms with van der Waals surface area (Å²) >= 11 is 3.55. The van der Waals surface area contributed by atoms with Crippen LogP contribution in [0.4, 0.5) is 0 Å². The van der Waals surface area contributed by atoms with Gasteiger partial charge in [0.25, 0.3) is 0 Å². The summed E-state index contributed by atoms with van der Waals surface area (Å²) in [6, 6.07) is 11.7. The number of benzene rings is 2. The zero-order valence-corrected chi connectivity index (χ0v) is 18.0. The molecule has 146 valence electrons. The largest absolute Gasteiger partial charge is 0.426 e. The average Bonchev–Trinajstić information content (AvgIpc) is 2.69. The van der Waals surface area contributed by atoms with Gasteiger partial charge >= 0.3 is 5.97 Å². The lowest BCUT2D eigenvalue weighted by molar-refractivity contribution is -0.152. The summed E-state index contributed by atoms with van der Waals surface area (Å²) in [5, 5.41) is 0. The molecule has 1 fully saturated rings. The fourth-order valence-electron chi connectivity index (χ4n) is 4.90. The maximum atomic E-state index is 13.3. The van der Waals surface area contributed by atoms with Crippen LogP contribution in [-0.4, -0.2) is 11.8 Å². The molecule has 1 aliphatic heterocycles. The van der Waals surface area contributed by atoms with Crippen LogP contribution in [0.3, 0.4) is 0 Å². The van der Waals surface area contributed by atoms with Crippen molar-refractivity contribution in [2.24, 2.45) is 5.41 Å². The second-order valence-corrected chi connectivity index (χ2v) is 9.20. The molecule has 2 aromatic rings. The molecule has 4 rings (SSSR count). The van der Waals surface area contributed by atoms with Gasteiger partial charge in [-0.15, -0.1) is 0 Å². The Kier molecular flexibility index (Phi) is 5.17. The van der Waals surface area contributed by atoms with Crippen LogP contribution in [0.15, 0.2) is 40.9 Å². The molecule has 28 heavy (non-hydrogen) atoms. The van der Waals surface area contributed by atoms with Crippen LogP contribution in [0, 0.1) is 19.3 Å². The van der Waals surface area contributed by atoms with Gasteiger partial charge in [-0.25, -0.2) is 0 Å². The first-order chi connectivity index (χ1) is 13.4. The standard InChI is InChI=1S/C24H25BrO3/c1-15-6-7-16(2)18(12-15)21(26)14-20-19-13-17(25)8-9-22(19)28-23(27)24(20)10-4-3-5-11-24/h6-9,12-13,20H,3-5,10-11,14H2,1-2H3. The Bertz CT molecular complexity index is 941. The van der Waals surface area contributed by atoms with E-state index >= 15 is 0 Å². The minimum Gasteiger partial charge on any atom is -0.426 e. The molecule has 0 N–H and O–H groups in total. The van der Waals surface area contributed by atoms with Gasteiger partial charge in [0.2, 0.25) is 0 Å². The van der Waals surface area contributed by atoms with Crippen LogP contribution in [0.1, 0.15) is 71.5 Å².